The SMILES string of the molecule is CN(CCCCC(=O)Nc1ccc(C=O)cc1)C(=O)CCCc1ccc(-c2ccccc2)c(N(C(=O)OC(C)(C)C)C2CCC(N)CC2)c1. The number of anilines is 2. The van der Waals surface area contributed by atoms with Gasteiger partial charge in [0.2, 0.25) is 11.8 Å². The Morgan fingerprint density at radius 1 is 0.898 bits per heavy atom. The van der Waals surface area contributed by atoms with E-state index in [1.807, 2.05) is 43.9 Å². The fourth-order valence-corrected chi connectivity index (χ4v) is 6.17. The zero-order valence-corrected chi connectivity index (χ0v) is 29.5. The summed E-state index contributed by atoms with van der Waals surface area (Å²) in [5.41, 5.74) is 10.7. The number of rotatable bonds is 14. The molecule has 0 aromatic heterocycles. The monoisotopic (exact) mass is 668 g/mol. The van der Waals surface area contributed by atoms with Gasteiger partial charge in [0.1, 0.15) is 11.9 Å². The second kappa shape index (κ2) is 17.8. The molecule has 0 spiro atoms. The van der Waals surface area contributed by atoms with Crippen molar-refractivity contribution in [1.82, 2.24) is 4.90 Å². The van der Waals surface area contributed by atoms with Crippen LogP contribution in [0.3, 0.4) is 0 Å². The van der Waals surface area contributed by atoms with Gasteiger partial charge in [-0.15, -0.1) is 0 Å². The molecule has 3 aromatic rings. The van der Waals surface area contributed by atoms with Gasteiger partial charge in [-0.05, 0) is 114 Å². The molecule has 0 radical (unpaired) electrons. The number of aryl methyl sites for hydroxylation is 1. The molecule has 0 unspecified atom stereocenters. The maximum Gasteiger partial charge on any atom is 0.415 e. The molecular formula is C40H52N4O5. The van der Waals surface area contributed by atoms with Crippen LogP contribution in [0.4, 0.5) is 16.2 Å². The third kappa shape index (κ3) is 11.6. The van der Waals surface area contributed by atoms with E-state index in [4.69, 9.17) is 10.5 Å². The Morgan fingerprint density at radius 3 is 2.24 bits per heavy atom. The minimum Gasteiger partial charge on any atom is -0.443 e. The number of nitrogens with two attached hydrogens (primary N) is 1. The first-order valence-electron chi connectivity index (χ1n) is 17.5. The Kier molecular flexibility index (Phi) is 13.5. The number of aldehydes is 1. The Bertz CT molecular complexity index is 1540. The van der Waals surface area contributed by atoms with Gasteiger partial charge in [0.15, 0.2) is 0 Å². The zero-order chi connectivity index (χ0) is 35.4. The highest BCUT2D eigenvalue weighted by molar-refractivity contribution is 5.95. The Labute approximate surface area is 291 Å². The van der Waals surface area contributed by atoms with Gasteiger partial charge >= 0.3 is 6.09 Å². The summed E-state index contributed by atoms with van der Waals surface area (Å²) < 4.78 is 5.96. The van der Waals surface area contributed by atoms with Crippen LogP contribution in [0.1, 0.15) is 94.5 Å². The Balaban J connectivity index is 1.36. The number of hydrogen-bond acceptors (Lipinski definition) is 6. The predicted octanol–water partition coefficient (Wildman–Crippen LogP) is 7.77. The maximum absolute atomic E-state index is 13.9. The largest absolute Gasteiger partial charge is 0.443 e. The van der Waals surface area contributed by atoms with Crippen molar-refractivity contribution in [1.29, 1.82) is 0 Å². The number of carbonyl (C=O) groups excluding carboxylic acids is 4. The van der Waals surface area contributed by atoms with Crippen molar-refractivity contribution in [2.24, 2.45) is 5.73 Å². The van der Waals surface area contributed by atoms with E-state index in [-0.39, 0.29) is 30.0 Å². The molecule has 0 bridgehead atoms. The molecule has 1 saturated carbocycles. The molecule has 0 saturated heterocycles. The Hall–Kier alpha value is -4.50. The van der Waals surface area contributed by atoms with Gasteiger partial charge in [0.05, 0.1) is 5.69 Å². The van der Waals surface area contributed by atoms with E-state index in [0.717, 1.165) is 60.8 Å². The van der Waals surface area contributed by atoms with Crippen LogP contribution in [0.2, 0.25) is 0 Å². The highest BCUT2D eigenvalue weighted by Gasteiger charge is 2.34. The first-order valence-corrected chi connectivity index (χ1v) is 17.5. The standard InChI is InChI=1S/C40H52N4O5/c1-40(2,3)49-39(48)44(34-23-19-32(41)20-24-34)36-27-29(18-25-35(36)31-12-6-5-7-13-31)11-10-15-38(47)43(4)26-9-8-14-37(46)42-33-21-16-30(28-45)17-22-33/h5-7,12-13,16-18,21-22,25,27-28,32,34H,8-11,14-15,19-20,23-24,26,41H2,1-4H3,(H,42,46). The van der Waals surface area contributed by atoms with Crippen molar-refractivity contribution in [3.63, 3.8) is 0 Å². The average molecular weight is 669 g/mol. The van der Waals surface area contributed by atoms with Crippen LogP contribution in [-0.4, -0.2) is 60.4 Å². The van der Waals surface area contributed by atoms with Crippen LogP contribution in [0, 0.1) is 0 Å². The molecular weight excluding hydrogens is 616 g/mol. The average Bonchev–Trinajstić information content (AvgIpc) is 3.07. The normalized spacial score (nSPS) is 16.0. The van der Waals surface area contributed by atoms with Crippen molar-refractivity contribution < 1.29 is 23.9 Å². The first-order chi connectivity index (χ1) is 23.4. The van der Waals surface area contributed by atoms with Gasteiger partial charge in [0, 0.05) is 55.3 Å². The summed E-state index contributed by atoms with van der Waals surface area (Å²) in [6, 6.07) is 23.2. The molecule has 0 atom stereocenters. The van der Waals surface area contributed by atoms with Crippen LogP contribution in [0.15, 0.2) is 72.8 Å². The number of nitrogens with one attached hydrogen (secondary N) is 1. The van der Waals surface area contributed by atoms with Crippen molar-refractivity contribution >= 4 is 35.6 Å². The number of unbranched alkanes of at least 4 members (excludes halogenated alkanes) is 1. The van der Waals surface area contributed by atoms with Gasteiger partial charge in [0.25, 0.3) is 0 Å². The van der Waals surface area contributed by atoms with Gasteiger partial charge in [-0.2, -0.15) is 0 Å². The van der Waals surface area contributed by atoms with Crippen molar-refractivity contribution in [3.8, 4) is 11.1 Å². The number of amides is 3. The predicted molar refractivity (Wildman–Crippen MR) is 196 cm³/mol. The van der Waals surface area contributed by atoms with Crippen LogP contribution in [-0.2, 0) is 20.7 Å². The van der Waals surface area contributed by atoms with Crippen molar-refractivity contribution in [2.75, 3.05) is 23.8 Å². The second-order valence-corrected chi connectivity index (χ2v) is 14.1. The number of ether oxygens (including phenoxy) is 1. The molecule has 9 heteroatoms. The summed E-state index contributed by atoms with van der Waals surface area (Å²) in [6.45, 7) is 6.24. The van der Waals surface area contributed by atoms with Crippen LogP contribution < -0.4 is 16.0 Å². The molecule has 3 amide bonds. The lowest BCUT2D eigenvalue weighted by Crippen LogP contribution is -2.46. The fourth-order valence-electron chi connectivity index (χ4n) is 6.17. The minimum absolute atomic E-state index is 0.0244. The first kappa shape index (κ1) is 37.3. The third-order valence-electron chi connectivity index (χ3n) is 8.86. The highest BCUT2D eigenvalue weighted by Crippen LogP contribution is 2.37. The molecule has 3 aromatic carbocycles. The molecule has 1 aliphatic carbocycles. The highest BCUT2D eigenvalue weighted by atomic mass is 16.6. The second-order valence-electron chi connectivity index (χ2n) is 14.1. The maximum atomic E-state index is 13.9. The van der Waals surface area contributed by atoms with Crippen LogP contribution in [0.5, 0.6) is 0 Å². The number of hydrogen-bond donors (Lipinski definition) is 2. The van der Waals surface area contributed by atoms with E-state index in [0.29, 0.717) is 49.9 Å². The molecule has 9 nitrogen and oxygen atoms in total. The number of benzene rings is 3. The summed E-state index contributed by atoms with van der Waals surface area (Å²) in [5, 5.41) is 2.84. The van der Waals surface area contributed by atoms with Crippen LogP contribution in [0.25, 0.3) is 11.1 Å². The Morgan fingerprint density at radius 2 is 1.59 bits per heavy atom. The van der Waals surface area contributed by atoms with Crippen LogP contribution >= 0.6 is 0 Å². The molecule has 4 rings (SSSR count). The molecule has 262 valence electrons. The van der Waals surface area contributed by atoms with Crippen molar-refractivity contribution in [2.45, 2.75) is 103 Å². The summed E-state index contributed by atoms with van der Waals surface area (Å²) in [6.07, 6.45) is 7.22. The van der Waals surface area contributed by atoms with E-state index in [1.54, 1.807) is 36.2 Å². The number of nitrogens with zero attached hydrogens (tertiary/aromatic N) is 2. The quantitative estimate of drug-likeness (QED) is 0.134. The van der Waals surface area contributed by atoms with Crippen molar-refractivity contribution in [3.05, 3.63) is 83.9 Å². The topological polar surface area (TPSA) is 122 Å². The van der Waals surface area contributed by atoms with E-state index >= 15 is 0 Å². The molecule has 1 aliphatic rings. The molecule has 3 N–H and O–H groups in total. The number of carbonyl (C=O) groups is 4. The molecule has 0 heterocycles. The smallest absolute Gasteiger partial charge is 0.415 e. The lowest BCUT2D eigenvalue weighted by Gasteiger charge is -2.38. The molecule has 1 fully saturated rings. The third-order valence-corrected chi connectivity index (χ3v) is 8.86. The lowest BCUT2D eigenvalue weighted by atomic mass is 9.89. The van der Waals surface area contributed by atoms with E-state index in [1.165, 1.54) is 0 Å². The lowest BCUT2D eigenvalue weighted by molar-refractivity contribution is -0.130. The molecule has 0 aliphatic heterocycles. The van der Waals surface area contributed by atoms with E-state index in [9.17, 15) is 19.2 Å². The van der Waals surface area contributed by atoms with Gasteiger partial charge < -0.3 is 20.7 Å². The van der Waals surface area contributed by atoms with E-state index < -0.39 is 5.60 Å². The van der Waals surface area contributed by atoms with Gasteiger partial charge in [-0.1, -0.05) is 42.5 Å². The summed E-state index contributed by atoms with van der Waals surface area (Å²) >= 11 is 0. The molecule has 49 heavy (non-hydrogen) atoms. The van der Waals surface area contributed by atoms with E-state index in [2.05, 4.69) is 35.6 Å². The van der Waals surface area contributed by atoms with Gasteiger partial charge in [-0.25, -0.2) is 4.79 Å². The summed E-state index contributed by atoms with van der Waals surface area (Å²) in [7, 11) is 1.80. The fraction of sp³-hybridized carbons (Fsp3) is 0.450. The summed E-state index contributed by atoms with van der Waals surface area (Å²) in [4.78, 5) is 53.5. The van der Waals surface area contributed by atoms with Gasteiger partial charge in [-0.3, -0.25) is 19.3 Å². The minimum atomic E-state index is -0.644. The summed E-state index contributed by atoms with van der Waals surface area (Å²) in [5.74, 6) is -0.0300. The zero-order valence-electron chi connectivity index (χ0n) is 29.5.